The average Bonchev–Trinajstić information content (AvgIpc) is 2.36. The van der Waals surface area contributed by atoms with Crippen LogP contribution in [-0.2, 0) is 4.79 Å². The molecule has 21 heavy (non-hydrogen) atoms. The van der Waals surface area contributed by atoms with Crippen molar-refractivity contribution >= 4 is 17.7 Å². The Bertz CT molecular complexity index is 544. The zero-order valence-electron chi connectivity index (χ0n) is 12.7. The van der Waals surface area contributed by atoms with Gasteiger partial charge in [0.15, 0.2) is 0 Å². The fourth-order valence-electron chi connectivity index (χ4n) is 1.61. The number of rotatable bonds is 4. The molecule has 1 rings (SSSR count). The lowest BCUT2D eigenvalue weighted by molar-refractivity contribution is -0.124. The van der Waals surface area contributed by atoms with Crippen LogP contribution in [0.15, 0.2) is 24.3 Å². The maximum atomic E-state index is 12.0. The second-order valence-corrected chi connectivity index (χ2v) is 5.88. The van der Waals surface area contributed by atoms with Crippen LogP contribution in [0.3, 0.4) is 0 Å². The van der Waals surface area contributed by atoms with Crippen molar-refractivity contribution in [3.05, 3.63) is 35.4 Å². The molecule has 0 aliphatic rings. The van der Waals surface area contributed by atoms with Gasteiger partial charge in [-0.3, -0.25) is 14.4 Å². The van der Waals surface area contributed by atoms with Crippen LogP contribution in [0.5, 0.6) is 0 Å². The smallest absolute Gasteiger partial charge is 0.251 e. The maximum Gasteiger partial charge on any atom is 0.251 e. The molecule has 6 heteroatoms. The fourth-order valence-corrected chi connectivity index (χ4v) is 1.61. The molecular weight excluding hydrogens is 270 g/mol. The van der Waals surface area contributed by atoms with Gasteiger partial charge in [-0.1, -0.05) is 0 Å². The summed E-state index contributed by atoms with van der Waals surface area (Å²) in [5.41, 5.74) is 5.45. The Morgan fingerprint density at radius 2 is 1.52 bits per heavy atom. The molecule has 0 bridgehead atoms. The lowest BCUT2D eigenvalue weighted by Crippen LogP contribution is -2.50. The largest absolute Gasteiger partial charge is 0.366 e. The van der Waals surface area contributed by atoms with Crippen molar-refractivity contribution in [2.75, 3.05) is 0 Å². The summed E-state index contributed by atoms with van der Waals surface area (Å²) in [6.07, 6.45) is 0. The summed E-state index contributed by atoms with van der Waals surface area (Å²) in [6.45, 7) is 7.20. The molecule has 3 amide bonds. The fraction of sp³-hybridized carbons (Fsp3) is 0.400. The third-order valence-electron chi connectivity index (χ3n) is 2.67. The van der Waals surface area contributed by atoms with Crippen molar-refractivity contribution in [1.82, 2.24) is 10.6 Å². The minimum Gasteiger partial charge on any atom is -0.366 e. The van der Waals surface area contributed by atoms with Gasteiger partial charge in [0, 0.05) is 16.7 Å². The van der Waals surface area contributed by atoms with Gasteiger partial charge >= 0.3 is 0 Å². The standard InChI is InChI=1S/C15H21N3O3/c1-9(13(20)18-15(2,3)4)17-14(21)11-7-5-10(6-8-11)12(16)19/h5-9H,1-4H3,(H2,16,19)(H,17,21)(H,18,20). The van der Waals surface area contributed by atoms with E-state index < -0.39 is 11.9 Å². The minimum atomic E-state index is -0.660. The Hall–Kier alpha value is -2.37. The number of nitrogens with two attached hydrogens (primary N) is 1. The summed E-state index contributed by atoms with van der Waals surface area (Å²) < 4.78 is 0. The predicted octanol–water partition coefficient (Wildman–Crippen LogP) is 0.818. The van der Waals surface area contributed by atoms with Crippen LogP contribution in [0.25, 0.3) is 0 Å². The summed E-state index contributed by atoms with van der Waals surface area (Å²) in [5, 5.41) is 5.38. The molecule has 0 fully saturated rings. The predicted molar refractivity (Wildman–Crippen MR) is 79.8 cm³/mol. The van der Waals surface area contributed by atoms with Gasteiger partial charge in [0.2, 0.25) is 11.8 Å². The van der Waals surface area contributed by atoms with E-state index in [0.29, 0.717) is 11.1 Å². The number of benzene rings is 1. The third kappa shape index (κ3) is 5.25. The van der Waals surface area contributed by atoms with Crippen LogP contribution < -0.4 is 16.4 Å². The Kier molecular flexibility index (Phi) is 5.07. The Morgan fingerprint density at radius 1 is 1.05 bits per heavy atom. The first kappa shape index (κ1) is 16.7. The van der Waals surface area contributed by atoms with Crippen LogP contribution >= 0.6 is 0 Å². The molecule has 0 aromatic heterocycles. The van der Waals surface area contributed by atoms with Gasteiger partial charge in [-0.25, -0.2) is 0 Å². The van der Waals surface area contributed by atoms with Crippen molar-refractivity contribution in [3.8, 4) is 0 Å². The Morgan fingerprint density at radius 3 is 1.95 bits per heavy atom. The summed E-state index contributed by atoms with van der Waals surface area (Å²) in [6, 6.07) is 5.26. The second-order valence-electron chi connectivity index (χ2n) is 5.88. The van der Waals surface area contributed by atoms with Crippen LogP contribution in [0, 0.1) is 0 Å². The van der Waals surface area contributed by atoms with E-state index in [4.69, 9.17) is 5.73 Å². The van der Waals surface area contributed by atoms with Crippen molar-refractivity contribution < 1.29 is 14.4 Å². The van der Waals surface area contributed by atoms with Crippen molar-refractivity contribution in [2.24, 2.45) is 5.73 Å². The number of carbonyl (C=O) groups is 3. The normalized spacial score (nSPS) is 12.4. The molecule has 0 spiro atoms. The number of hydrogen-bond acceptors (Lipinski definition) is 3. The van der Waals surface area contributed by atoms with Gasteiger partial charge < -0.3 is 16.4 Å². The molecular formula is C15H21N3O3. The quantitative estimate of drug-likeness (QED) is 0.765. The molecule has 6 nitrogen and oxygen atoms in total. The maximum absolute atomic E-state index is 12.0. The zero-order valence-corrected chi connectivity index (χ0v) is 12.7. The highest BCUT2D eigenvalue weighted by Crippen LogP contribution is 2.05. The van der Waals surface area contributed by atoms with E-state index in [1.807, 2.05) is 20.8 Å². The molecule has 0 saturated heterocycles. The van der Waals surface area contributed by atoms with Crippen molar-refractivity contribution in [1.29, 1.82) is 0 Å². The van der Waals surface area contributed by atoms with Crippen molar-refractivity contribution in [3.63, 3.8) is 0 Å². The summed E-state index contributed by atoms with van der Waals surface area (Å²) in [5.74, 6) is -1.20. The van der Waals surface area contributed by atoms with E-state index in [0.717, 1.165) is 0 Å². The van der Waals surface area contributed by atoms with E-state index in [1.54, 1.807) is 6.92 Å². The van der Waals surface area contributed by atoms with Crippen LogP contribution in [-0.4, -0.2) is 29.3 Å². The number of carbonyl (C=O) groups excluding carboxylic acids is 3. The molecule has 1 unspecified atom stereocenters. The topological polar surface area (TPSA) is 101 Å². The molecule has 0 radical (unpaired) electrons. The van der Waals surface area contributed by atoms with E-state index in [2.05, 4.69) is 10.6 Å². The average molecular weight is 291 g/mol. The first-order valence-electron chi connectivity index (χ1n) is 6.63. The molecule has 114 valence electrons. The van der Waals surface area contributed by atoms with Gasteiger partial charge in [0.1, 0.15) is 6.04 Å². The van der Waals surface area contributed by atoms with Crippen molar-refractivity contribution in [2.45, 2.75) is 39.3 Å². The first-order chi connectivity index (χ1) is 9.60. The summed E-state index contributed by atoms with van der Waals surface area (Å²) in [7, 11) is 0. The molecule has 0 aliphatic carbocycles. The highest BCUT2D eigenvalue weighted by atomic mass is 16.2. The molecule has 0 aliphatic heterocycles. The van der Waals surface area contributed by atoms with Gasteiger partial charge in [0.25, 0.3) is 5.91 Å². The molecule has 1 aromatic rings. The number of primary amides is 1. The Balaban J connectivity index is 2.68. The molecule has 0 heterocycles. The van der Waals surface area contributed by atoms with Gasteiger partial charge in [0.05, 0.1) is 0 Å². The highest BCUT2D eigenvalue weighted by Gasteiger charge is 2.21. The Labute approximate surface area is 124 Å². The van der Waals surface area contributed by atoms with Crippen LogP contribution in [0.4, 0.5) is 0 Å². The van der Waals surface area contributed by atoms with E-state index in [1.165, 1.54) is 24.3 Å². The molecule has 0 saturated carbocycles. The van der Waals surface area contributed by atoms with Gasteiger partial charge in [-0.05, 0) is 52.0 Å². The molecule has 1 atom stereocenters. The molecule has 1 aromatic carbocycles. The summed E-state index contributed by atoms with van der Waals surface area (Å²) in [4.78, 5) is 34.8. The minimum absolute atomic E-state index is 0.260. The number of hydrogen-bond donors (Lipinski definition) is 3. The lowest BCUT2D eigenvalue weighted by atomic mass is 10.1. The SMILES string of the molecule is CC(NC(=O)c1ccc(C(N)=O)cc1)C(=O)NC(C)(C)C. The molecule has 4 N–H and O–H groups in total. The van der Waals surface area contributed by atoms with E-state index >= 15 is 0 Å². The van der Waals surface area contributed by atoms with E-state index in [-0.39, 0.29) is 17.4 Å². The summed E-state index contributed by atoms with van der Waals surface area (Å²) >= 11 is 0. The second kappa shape index (κ2) is 6.39. The number of nitrogens with one attached hydrogen (secondary N) is 2. The lowest BCUT2D eigenvalue weighted by Gasteiger charge is -2.23. The van der Waals surface area contributed by atoms with E-state index in [9.17, 15) is 14.4 Å². The number of amides is 3. The van der Waals surface area contributed by atoms with Gasteiger partial charge in [-0.15, -0.1) is 0 Å². The monoisotopic (exact) mass is 291 g/mol. The zero-order chi connectivity index (χ0) is 16.2. The first-order valence-corrected chi connectivity index (χ1v) is 6.63. The van der Waals surface area contributed by atoms with Crippen LogP contribution in [0.1, 0.15) is 48.4 Å². The van der Waals surface area contributed by atoms with Crippen LogP contribution in [0.2, 0.25) is 0 Å². The van der Waals surface area contributed by atoms with Gasteiger partial charge in [-0.2, -0.15) is 0 Å². The third-order valence-corrected chi connectivity index (χ3v) is 2.67. The highest BCUT2D eigenvalue weighted by molar-refractivity contribution is 5.99.